The molecule has 1 rings (SSSR count). The summed E-state index contributed by atoms with van der Waals surface area (Å²) in [4.78, 5) is 3.96. The lowest BCUT2D eigenvalue weighted by atomic mass is 10.0. The molecule has 0 bridgehead atoms. The fourth-order valence-corrected chi connectivity index (χ4v) is 3.80. The summed E-state index contributed by atoms with van der Waals surface area (Å²) < 4.78 is 11.3. The molecule has 0 radical (unpaired) electrons. The lowest BCUT2D eigenvalue weighted by Crippen LogP contribution is -2.27. The number of unbranched alkanes of at least 4 members (excludes halogenated alkanes) is 15. The topological polar surface area (TPSA) is 75.4 Å². The predicted molar refractivity (Wildman–Crippen MR) is 131 cm³/mol. The van der Waals surface area contributed by atoms with Gasteiger partial charge in [-0.25, -0.2) is 4.98 Å². The van der Waals surface area contributed by atoms with Gasteiger partial charge in [0.1, 0.15) is 23.6 Å². The van der Waals surface area contributed by atoms with Gasteiger partial charge in [0.05, 0.1) is 19.4 Å². The van der Waals surface area contributed by atoms with Gasteiger partial charge in [-0.3, -0.25) is 0 Å². The Balaban J connectivity index is 1.84. The van der Waals surface area contributed by atoms with Crippen molar-refractivity contribution < 1.29 is 14.6 Å². The van der Waals surface area contributed by atoms with E-state index in [0.29, 0.717) is 24.7 Å². The van der Waals surface area contributed by atoms with E-state index in [-0.39, 0.29) is 6.61 Å². The Morgan fingerprint density at radius 3 is 1.81 bits per heavy atom. The third-order valence-corrected chi connectivity index (χ3v) is 5.80. The van der Waals surface area contributed by atoms with Crippen LogP contribution in [0.25, 0.3) is 0 Å². The van der Waals surface area contributed by atoms with Crippen molar-refractivity contribution in [3.63, 3.8) is 0 Å². The molecule has 0 amide bonds. The molecule has 182 valence electrons. The van der Waals surface area contributed by atoms with Crippen LogP contribution in [0.2, 0.25) is 0 Å². The summed E-state index contributed by atoms with van der Waals surface area (Å²) in [6.45, 7) is 3.22. The highest BCUT2D eigenvalue weighted by Gasteiger charge is 2.10. The molecule has 1 aromatic heterocycles. The Morgan fingerprint density at radius 1 is 0.844 bits per heavy atom. The van der Waals surface area contributed by atoms with Gasteiger partial charge in [-0.15, -0.1) is 0 Å². The summed E-state index contributed by atoms with van der Waals surface area (Å²) in [5.41, 5.74) is 0.345. The molecule has 0 saturated heterocycles. The van der Waals surface area contributed by atoms with Crippen LogP contribution in [0, 0.1) is 11.3 Å². The molecule has 0 aliphatic rings. The van der Waals surface area contributed by atoms with Crippen molar-refractivity contribution in [3.8, 4) is 11.8 Å². The standard InChI is InChI=1S/C27H46N2O3/c1-2-3-4-5-6-7-8-9-10-11-12-13-14-15-16-17-20-31-24-27(23-30)32-26-19-18-25(21-28)29-22-26/h18-19,22,27,30H,2-17,20,23-24H2,1H3. The molecular formula is C27H46N2O3. The number of pyridine rings is 1. The smallest absolute Gasteiger partial charge is 0.145 e. The summed E-state index contributed by atoms with van der Waals surface area (Å²) in [7, 11) is 0. The van der Waals surface area contributed by atoms with E-state index < -0.39 is 6.10 Å². The predicted octanol–water partition coefficient (Wildman–Crippen LogP) is 6.97. The second kappa shape index (κ2) is 21.2. The van der Waals surface area contributed by atoms with Crippen molar-refractivity contribution in [3.05, 3.63) is 24.0 Å². The molecule has 0 spiro atoms. The minimum atomic E-state index is -0.411. The maximum Gasteiger partial charge on any atom is 0.145 e. The van der Waals surface area contributed by atoms with E-state index in [4.69, 9.17) is 14.7 Å². The SMILES string of the molecule is CCCCCCCCCCCCCCCCCCOCC(CO)Oc1ccc(C#N)nc1. The zero-order valence-electron chi connectivity index (χ0n) is 20.4. The molecule has 0 saturated carbocycles. The van der Waals surface area contributed by atoms with Crippen molar-refractivity contribution in [2.75, 3.05) is 19.8 Å². The molecule has 1 heterocycles. The first-order chi connectivity index (χ1) is 15.8. The summed E-state index contributed by atoms with van der Waals surface area (Å²) in [5, 5.41) is 18.2. The molecule has 32 heavy (non-hydrogen) atoms. The van der Waals surface area contributed by atoms with Crippen LogP contribution in [0.1, 0.15) is 115 Å². The van der Waals surface area contributed by atoms with Gasteiger partial charge in [0.2, 0.25) is 0 Å². The highest BCUT2D eigenvalue weighted by molar-refractivity contribution is 5.26. The maximum atomic E-state index is 9.45. The molecular weight excluding hydrogens is 400 g/mol. The van der Waals surface area contributed by atoms with Crippen LogP contribution >= 0.6 is 0 Å². The van der Waals surface area contributed by atoms with E-state index in [1.165, 1.54) is 103 Å². The van der Waals surface area contributed by atoms with E-state index in [0.717, 1.165) is 6.42 Å². The first kappa shape index (κ1) is 28.4. The number of nitriles is 1. The Kier molecular flexibility index (Phi) is 18.8. The molecule has 0 aromatic carbocycles. The van der Waals surface area contributed by atoms with Crippen molar-refractivity contribution >= 4 is 0 Å². The lowest BCUT2D eigenvalue weighted by Gasteiger charge is -2.16. The van der Waals surface area contributed by atoms with Gasteiger partial charge < -0.3 is 14.6 Å². The Labute approximate surface area is 196 Å². The average Bonchev–Trinajstić information content (AvgIpc) is 2.83. The van der Waals surface area contributed by atoms with E-state index in [9.17, 15) is 5.11 Å². The normalized spacial score (nSPS) is 11.9. The van der Waals surface area contributed by atoms with Gasteiger partial charge in [-0.2, -0.15) is 5.26 Å². The van der Waals surface area contributed by atoms with Crippen molar-refractivity contribution in [1.29, 1.82) is 5.26 Å². The molecule has 1 atom stereocenters. The molecule has 1 N–H and O–H groups in total. The molecule has 1 aromatic rings. The van der Waals surface area contributed by atoms with Crippen molar-refractivity contribution in [2.45, 2.75) is 116 Å². The monoisotopic (exact) mass is 446 g/mol. The van der Waals surface area contributed by atoms with Gasteiger partial charge in [-0.1, -0.05) is 103 Å². The highest BCUT2D eigenvalue weighted by Crippen LogP contribution is 2.14. The summed E-state index contributed by atoms with van der Waals surface area (Å²) in [6.07, 6.45) is 22.8. The van der Waals surface area contributed by atoms with E-state index in [1.54, 1.807) is 12.1 Å². The third kappa shape index (κ3) is 16.1. The fourth-order valence-electron chi connectivity index (χ4n) is 3.80. The van der Waals surface area contributed by atoms with Gasteiger partial charge in [0.25, 0.3) is 0 Å². The first-order valence-corrected chi connectivity index (χ1v) is 13.0. The minimum absolute atomic E-state index is 0.112. The van der Waals surface area contributed by atoms with Gasteiger partial charge in [0.15, 0.2) is 0 Å². The second-order valence-corrected chi connectivity index (χ2v) is 8.79. The maximum absolute atomic E-state index is 9.45. The first-order valence-electron chi connectivity index (χ1n) is 13.0. The molecule has 1 unspecified atom stereocenters. The number of aliphatic hydroxyl groups excluding tert-OH is 1. The molecule has 5 nitrogen and oxygen atoms in total. The van der Waals surface area contributed by atoms with Gasteiger partial charge >= 0.3 is 0 Å². The van der Waals surface area contributed by atoms with Crippen molar-refractivity contribution in [1.82, 2.24) is 4.98 Å². The number of hydrogen-bond donors (Lipinski definition) is 1. The number of nitrogens with zero attached hydrogens (tertiary/aromatic N) is 2. The van der Waals surface area contributed by atoms with Gasteiger partial charge in [-0.05, 0) is 18.6 Å². The Bertz CT molecular complexity index is 571. The number of rotatable bonds is 22. The van der Waals surface area contributed by atoms with Crippen LogP contribution in [-0.2, 0) is 4.74 Å². The van der Waals surface area contributed by atoms with Crippen molar-refractivity contribution in [2.24, 2.45) is 0 Å². The largest absolute Gasteiger partial charge is 0.484 e. The zero-order chi connectivity index (χ0) is 23.1. The zero-order valence-corrected chi connectivity index (χ0v) is 20.4. The quantitative estimate of drug-likeness (QED) is 0.195. The lowest BCUT2D eigenvalue weighted by molar-refractivity contribution is 0.0187. The van der Waals surface area contributed by atoms with E-state index in [1.807, 2.05) is 6.07 Å². The summed E-state index contributed by atoms with van der Waals surface area (Å²) in [6, 6.07) is 5.25. The van der Waals surface area contributed by atoms with Crippen LogP contribution in [0.5, 0.6) is 5.75 Å². The van der Waals surface area contributed by atoms with E-state index in [2.05, 4.69) is 11.9 Å². The number of aliphatic hydroxyl groups is 1. The molecule has 5 heteroatoms. The van der Waals surface area contributed by atoms with Crippen LogP contribution in [0.15, 0.2) is 18.3 Å². The van der Waals surface area contributed by atoms with Crippen LogP contribution in [-0.4, -0.2) is 36.0 Å². The molecule has 0 aliphatic carbocycles. The second-order valence-electron chi connectivity index (χ2n) is 8.79. The van der Waals surface area contributed by atoms with Crippen LogP contribution in [0.3, 0.4) is 0 Å². The fraction of sp³-hybridized carbons (Fsp3) is 0.778. The Morgan fingerprint density at radius 2 is 1.38 bits per heavy atom. The van der Waals surface area contributed by atoms with E-state index >= 15 is 0 Å². The average molecular weight is 447 g/mol. The number of aromatic nitrogens is 1. The molecule has 0 aliphatic heterocycles. The third-order valence-electron chi connectivity index (χ3n) is 5.80. The minimum Gasteiger partial charge on any atom is -0.484 e. The molecule has 0 fully saturated rings. The number of hydrogen-bond acceptors (Lipinski definition) is 5. The summed E-state index contributed by atoms with van der Waals surface area (Å²) in [5.74, 6) is 0.536. The number of ether oxygens (including phenoxy) is 2. The summed E-state index contributed by atoms with van der Waals surface area (Å²) >= 11 is 0. The van der Waals surface area contributed by atoms with Crippen LogP contribution in [0.4, 0.5) is 0 Å². The highest BCUT2D eigenvalue weighted by atomic mass is 16.5. The Hall–Kier alpha value is -1.64. The van der Waals surface area contributed by atoms with Crippen LogP contribution < -0.4 is 4.74 Å². The van der Waals surface area contributed by atoms with Gasteiger partial charge in [0, 0.05) is 6.61 Å².